The molecule has 0 unspecified atom stereocenters. The molecule has 0 spiro atoms. The van der Waals surface area contributed by atoms with Crippen LogP contribution in [0.3, 0.4) is 0 Å². The fraction of sp³-hybridized carbons (Fsp3) is 0.273. The van der Waals surface area contributed by atoms with Gasteiger partial charge in [-0.1, -0.05) is 160 Å². The van der Waals surface area contributed by atoms with E-state index in [1.807, 2.05) is 125 Å². The number of rotatable bonds is 8. The Morgan fingerprint density at radius 3 is 2.21 bits per heavy atom. The molecule has 3 heterocycles. The zero-order chi connectivity index (χ0) is 60.0. The Balaban J connectivity index is 0.00000786. The van der Waals surface area contributed by atoms with Crippen LogP contribution in [0.15, 0.2) is 152 Å². The van der Waals surface area contributed by atoms with E-state index in [2.05, 4.69) is 44.8 Å². The number of aryl methyl sites for hydroxylation is 1. The van der Waals surface area contributed by atoms with Gasteiger partial charge in [-0.3, -0.25) is 0 Å². The summed E-state index contributed by atoms with van der Waals surface area (Å²) in [6.45, 7) is 19.3. The van der Waals surface area contributed by atoms with Crippen molar-refractivity contribution >= 4 is 44.6 Å². The van der Waals surface area contributed by atoms with Crippen molar-refractivity contribution in [2.45, 2.75) is 112 Å². The molecule has 0 amide bonds. The molecule has 0 saturated carbocycles. The van der Waals surface area contributed by atoms with Crippen LogP contribution in [-0.4, -0.2) is 9.55 Å². The zero-order valence-electron chi connectivity index (χ0n) is 54.4. The first kappa shape index (κ1) is 36.5. The smallest absolute Gasteiger partial charge is 0.135 e. The minimum Gasteiger partial charge on any atom is -0.509 e. The van der Waals surface area contributed by atoms with Gasteiger partial charge in [0.25, 0.3) is 0 Å². The van der Waals surface area contributed by atoms with Gasteiger partial charge in [-0.2, -0.15) is 12.1 Å². The van der Waals surface area contributed by atoms with Crippen LogP contribution in [0.4, 0.5) is 22.7 Å². The monoisotopic (exact) mass is 1140 g/mol. The van der Waals surface area contributed by atoms with Gasteiger partial charge in [0.05, 0.1) is 9.60 Å². The summed E-state index contributed by atoms with van der Waals surface area (Å²) in [5.41, 5.74) is 5.50. The Hall–Kier alpha value is -6.42. The van der Waals surface area contributed by atoms with Gasteiger partial charge in [0.2, 0.25) is 0 Å². The first-order valence-electron chi connectivity index (χ1n) is 30.3. The number of nitrogens with zero attached hydrogens (tertiary/aromatic N) is 4. The van der Waals surface area contributed by atoms with Crippen LogP contribution < -0.4 is 14.5 Å². The molecule has 0 fully saturated rings. The summed E-state index contributed by atoms with van der Waals surface area (Å²) in [4.78, 5) is 8.55. The summed E-state index contributed by atoms with van der Waals surface area (Å²) in [6.07, 6.45) is 1.27. The number of anilines is 4. The first-order valence-corrected chi connectivity index (χ1v) is 24.3. The molecule has 2 aromatic heterocycles. The molecular weight excluding hydrogens is 1060 g/mol. The van der Waals surface area contributed by atoms with Gasteiger partial charge in [0, 0.05) is 79.3 Å². The van der Waals surface area contributed by atoms with E-state index in [4.69, 9.17) is 17.1 Å². The summed E-state index contributed by atoms with van der Waals surface area (Å²) in [6, 6.07) is 36.6. The number of hydrogen-bond acceptors (Lipinski definition) is 4. The predicted octanol–water partition coefficient (Wildman–Crippen LogP) is 17.9. The van der Waals surface area contributed by atoms with Gasteiger partial charge in [0.15, 0.2) is 0 Å². The second-order valence-electron chi connectivity index (χ2n) is 22.2. The molecule has 0 saturated heterocycles. The van der Waals surface area contributed by atoms with Gasteiger partial charge < -0.3 is 19.1 Å². The van der Waals surface area contributed by atoms with Crippen LogP contribution >= 0.6 is 0 Å². The minimum atomic E-state index is -2.54. The van der Waals surface area contributed by atoms with Crippen molar-refractivity contribution in [3.8, 4) is 39.6 Å². The molecule has 0 atom stereocenters. The van der Waals surface area contributed by atoms with Crippen LogP contribution in [0, 0.1) is 31.1 Å². The van der Waals surface area contributed by atoms with E-state index in [0.29, 0.717) is 55.8 Å². The van der Waals surface area contributed by atoms with Crippen molar-refractivity contribution in [1.29, 1.82) is 0 Å². The van der Waals surface area contributed by atoms with Crippen molar-refractivity contribution in [1.82, 2.24) is 9.55 Å². The third kappa shape index (κ3) is 8.97. The van der Waals surface area contributed by atoms with Crippen molar-refractivity contribution in [2.75, 3.05) is 9.80 Å². The van der Waals surface area contributed by atoms with Crippen LogP contribution in [0.2, 0.25) is 0 Å². The van der Waals surface area contributed by atoms with Crippen molar-refractivity contribution in [3.05, 3.63) is 198 Å². The standard InChI is InChI=1S/C66H65N4O.Pt/c1-43-36-46(64(5,6)7)27-29-50(43)54-22-17-21-51(45-26-31-55-56(38-45)66(10,11)34-33-65(55,8)9)62(54)69-42-68(58-24-14-15-25-59(58)69)47-18-16-19-48(39-47)71-49-28-30-53-52-20-12-13-23-57(52)70(60(53)40-49)61-37-44(32-35-67-61)41-63(2,3)4;/h12-32,35-38,42H,33-34,41H2,1-11H3;/q-3;/i1D3,12D,13D,20D,23D,26D,31D,38D,41D2;. The Kier molecular flexibility index (Phi) is 9.25. The average Bonchev–Trinajstić information content (AvgIpc) is 1.33. The molecule has 368 valence electrons. The maximum absolute atomic E-state index is 10.2. The second-order valence-corrected chi connectivity index (χ2v) is 22.2. The Bertz CT molecular complexity index is 4150. The fourth-order valence-corrected chi connectivity index (χ4v) is 10.1. The molecule has 2 aliphatic rings. The molecule has 1 aliphatic heterocycles. The van der Waals surface area contributed by atoms with E-state index in [0.717, 1.165) is 29.7 Å². The molecule has 7 aromatic carbocycles. The molecular formula is C66H65N4OPt-3. The zero-order valence-corrected chi connectivity index (χ0v) is 44.7. The van der Waals surface area contributed by atoms with Gasteiger partial charge >= 0.3 is 0 Å². The van der Waals surface area contributed by atoms with Gasteiger partial charge in [0.1, 0.15) is 5.82 Å². The van der Waals surface area contributed by atoms with E-state index in [1.54, 1.807) is 41.0 Å². The third-order valence-corrected chi connectivity index (χ3v) is 13.9. The predicted molar refractivity (Wildman–Crippen MR) is 297 cm³/mol. The fourth-order valence-electron chi connectivity index (χ4n) is 10.1. The summed E-state index contributed by atoms with van der Waals surface area (Å²) in [5.74, 6) is 0.743. The molecule has 0 radical (unpaired) electrons. The summed E-state index contributed by atoms with van der Waals surface area (Å²) in [5, 5.41) is 0.708. The van der Waals surface area contributed by atoms with E-state index in [-0.39, 0.29) is 96.0 Å². The number of para-hydroxylation sites is 4. The van der Waals surface area contributed by atoms with E-state index in [9.17, 15) is 4.11 Å². The summed E-state index contributed by atoms with van der Waals surface area (Å²) in [7, 11) is 0. The molecule has 5 nitrogen and oxygen atoms in total. The van der Waals surface area contributed by atoms with Gasteiger partial charge in [-0.05, 0) is 122 Å². The average molecular weight is 1140 g/mol. The maximum atomic E-state index is 10.2. The molecule has 11 rings (SSSR count). The first-order chi connectivity index (χ1) is 38.7. The number of hydrogen-bond donors (Lipinski definition) is 0. The van der Waals surface area contributed by atoms with Gasteiger partial charge in [-0.25, -0.2) is 4.98 Å². The normalized spacial score (nSPS) is 17.9. The van der Waals surface area contributed by atoms with Crippen LogP contribution in [0.5, 0.6) is 11.5 Å². The summed E-state index contributed by atoms with van der Waals surface area (Å²) >= 11 is 0. The van der Waals surface area contributed by atoms with Crippen molar-refractivity contribution in [2.24, 2.45) is 5.41 Å². The van der Waals surface area contributed by atoms with E-state index < -0.39 is 41.6 Å². The number of ether oxygens (including phenoxy) is 1. The molecule has 9 aromatic rings. The number of fused-ring (bicyclic) bond motifs is 5. The SMILES string of the molecule is [2H]c1c([2H])c2c(c([2H])c1-c1cccc(-c3ccc(C(C)(C)C)cc3C([2H])([2H])[2H])c1N1[CH-]N(c3[c-]c(Oc4[c-]c5c(cc4)c4c([2H])c([2H])c([2H])c([2H])c4n5-c4cc(C([2H])([2H])C(C)(C)C)ccn4)ccc3)c3ccccc31)C(C)(C)CCC2(C)C.[Pt]. The third-order valence-electron chi connectivity index (χ3n) is 13.9. The van der Waals surface area contributed by atoms with Crippen LogP contribution in [0.1, 0.15) is 126 Å². The van der Waals surface area contributed by atoms with Crippen molar-refractivity contribution in [3.63, 3.8) is 0 Å². The Morgan fingerprint density at radius 2 is 1.44 bits per heavy atom. The largest absolute Gasteiger partial charge is 0.509 e. The quantitative estimate of drug-likeness (QED) is 0.142. The summed E-state index contributed by atoms with van der Waals surface area (Å²) < 4.78 is 118. The molecule has 72 heavy (non-hydrogen) atoms. The maximum Gasteiger partial charge on any atom is 0.135 e. The molecule has 0 N–H and O–H groups in total. The molecule has 0 bridgehead atoms. The Morgan fingerprint density at radius 1 is 0.722 bits per heavy atom. The van der Waals surface area contributed by atoms with E-state index >= 15 is 0 Å². The van der Waals surface area contributed by atoms with Crippen LogP contribution in [-0.2, 0) is 43.7 Å². The number of pyridine rings is 1. The minimum absolute atomic E-state index is 0. The number of aromatic nitrogens is 2. The van der Waals surface area contributed by atoms with E-state index in [1.165, 1.54) is 6.20 Å². The second kappa shape index (κ2) is 18.3. The van der Waals surface area contributed by atoms with Gasteiger partial charge in [-0.15, -0.1) is 48.1 Å². The van der Waals surface area contributed by atoms with Crippen LogP contribution in [0.25, 0.3) is 49.9 Å². The topological polar surface area (TPSA) is 33.5 Å². The Labute approximate surface area is 459 Å². The van der Waals surface area contributed by atoms with Crippen molar-refractivity contribution < 1.29 is 42.3 Å². The number of benzene rings is 7. The molecule has 6 heteroatoms. The molecule has 1 aliphatic carbocycles.